The van der Waals surface area contributed by atoms with Crippen molar-refractivity contribution in [2.24, 2.45) is 0 Å². The molecule has 0 spiro atoms. The van der Waals surface area contributed by atoms with Gasteiger partial charge in [0.1, 0.15) is 0 Å². The van der Waals surface area contributed by atoms with Crippen LogP contribution in [-0.4, -0.2) is 11.1 Å². The van der Waals surface area contributed by atoms with Gasteiger partial charge in [0, 0.05) is 0 Å². The van der Waals surface area contributed by atoms with Crippen LogP contribution in [0.4, 0.5) is 0 Å². The zero-order valence-corrected chi connectivity index (χ0v) is 6.63. The summed E-state index contributed by atoms with van der Waals surface area (Å²) < 4.78 is 0. The van der Waals surface area contributed by atoms with Gasteiger partial charge in [-0.15, -0.1) is 0 Å². The van der Waals surface area contributed by atoms with Gasteiger partial charge in [-0.2, -0.15) is 0 Å². The monoisotopic (exact) mass is 166 g/mol. The summed E-state index contributed by atoms with van der Waals surface area (Å²) in [5.41, 5.74) is 0. The summed E-state index contributed by atoms with van der Waals surface area (Å²) in [4.78, 5) is 10.0. The first-order valence-corrected chi connectivity index (χ1v) is 5.12. The third kappa shape index (κ3) is 2.46. The van der Waals surface area contributed by atoms with Crippen LogP contribution in [0.1, 0.15) is 0 Å². The van der Waals surface area contributed by atoms with Gasteiger partial charge in [0.2, 0.25) is 0 Å². The van der Waals surface area contributed by atoms with Crippen molar-refractivity contribution in [3.63, 3.8) is 0 Å². The van der Waals surface area contributed by atoms with E-state index in [2.05, 4.69) is 22.4 Å². The van der Waals surface area contributed by atoms with E-state index in [1.807, 2.05) is 0 Å². The molecule has 0 aromatic heterocycles. The molecular weight excluding hydrogens is 162 g/mol. The second kappa shape index (κ2) is 3.24. The van der Waals surface area contributed by atoms with Gasteiger partial charge in [-0.1, -0.05) is 0 Å². The zero-order valence-electron chi connectivity index (χ0n) is 3.92. The summed E-state index contributed by atoms with van der Waals surface area (Å²) in [7, 11) is 6.11. The SMILES string of the molecule is C=C(C(=O)O)S(#P)=P. The summed E-state index contributed by atoms with van der Waals surface area (Å²) in [6.45, 7) is 3.24. The quantitative estimate of drug-likeness (QED) is 0.474. The standard InChI is InChI=1S/C3H4O2P2S/c1-2(3(4)5)8(6)7/h6H,1H2,(H,4,5). The van der Waals surface area contributed by atoms with Gasteiger partial charge in [-0.25, -0.2) is 0 Å². The number of rotatable bonds is 1. The molecule has 0 amide bonds. The van der Waals surface area contributed by atoms with E-state index < -0.39 is 15.0 Å². The number of aliphatic carboxylic acids is 1. The van der Waals surface area contributed by atoms with Gasteiger partial charge < -0.3 is 0 Å². The van der Waals surface area contributed by atoms with Crippen molar-refractivity contribution in [3.05, 3.63) is 11.5 Å². The molecule has 5 heteroatoms. The van der Waals surface area contributed by atoms with E-state index in [1.165, 1.54) is 0 Å². The molecule has 0 heterocycles. The van der Waals surface area contributed by atoms with Crippen LogP contribution >= 0.6 is 15.8 Å². The predicted octanol–water partition coefficient (Wildman–Crippen LogP) is 1.59. The molecule has 0 rings (SSSR count). The van der Waals surface area contributed by atoms with Gasteiger partial charge in [-0.05, 0) is 0 Å². The summed E-state index contributed by atoms with van der Waals surface area (Å²) >= 11 is 0. The van der Waals surface area contributed by atoms with E-state index in [4.69, 9.17) is 5.11 Å². The second-order valence-corrected chi connectivity index (χ2v) is 5.43. The number of carboxylic acids is 1. The van der Waals surface area contributed by atoms with E-state index >= 15 is 0 Å². The zero-order chi connectivity index (χ0) is 6.73. The number of carboxylic acid groups (broad SMARTS) is 1. The van der Waals surface area contributed by atoms with Crippen LogP contribution in [0.2, 0.25) is 0 Å². The maximum absolute atomic E-state index is 9.97. The first kappa shape index (κ1) is 8.16. The third-order valence-electron chi connectivity index (χ3n) is 0.472. The second-order valence-electron chi connectivity index (χ2n) is 1.01. The minimum atomic E-state index is -1.02. The molecule has 0 saturated carbocycles. The fourth-order valence-corrected chi connectivity index (χ4v) is 0.744. The summed E-state index contributed by atoms with van der Waals surface area (Å²) in [6.07, 6.45) is 0. The minimum absolute atomic E-state index is 0.0741. The summed E-state index contributed by atoms with van der Waals surface area (Å²) in [5.74, 6) is -1.02. The van der Waals surface area contributed by atoms with Gasteiger partial charge in [0.05, 0.1) is 0 Å². The summed E-state index contributed by atoms with van der Waals surface area (Å²) in [6, 6.07) is 0. The van der Waals surface area contributed by atoms with Crippen LogP contribution in [-0.2, 0) is 13.8 Å². The van der Waals surface area contributed by atoms with Gasteiger partial charge >= 0.3 is 52.2 Å². The Kier molecular flexibility index (Phi) is 3.30. The normalized spacial score (nSPS) is 7.88. The molecule has 0 aliphatic carbocycles. The topological polar surface area (TPSA) is 37.3 Å². The average Bonchev–Trinajstić information content (AvgIpc) is 1.64. The van der Waals surface area contributed by atoms with E-state index in [-0.39, 0.29) is 4.91 Å². The molecule has 8 heavy (non-hydrogen) atoms. The van der Waals surface area contributed by atoms with Gasteiger partial charge in [0.25, 0.3) is 0 Å². The Hall–Kier alpha value is 0.160. The van der Waals surface area contributed by atoms with Crippen molar-refractivity contribution >= 4 is 30.8 Å². The molecule has 44 valence electrons. The Bertz CT molecular complexity index is 237. The molecule has 0 atom stereocenters. The van der Waals surface area contributed by atoms with E-state index in [9.17, 15) is 4.79 Å². The third-order valence-corrected chi connectivity index (χ3v) is 2.51. The summed E-state index contributed by atoms with van der Waals surface area (Å²) in [5, 5.41) is 8.18. The van der Waals surface area contributed by atoms with Crippen LogP contribution in [0, 0.1) is 0 Å². The Morgan fingerprint density at radius 3 is 2.25 bits per heavy atom. The molecule has 0 radical (unpaired) electrons. The van der Waals surface area contributed by atoms with Crippen LogP contribution in [0.25, 0.3) is 0 Å². The molecule has 0 aliphatic heterocycles. The van der Waals surface area contributed by atoms with Crippen molar-refractivity contribution in [2.75, 3.05) is 0 Å². The molecule has 0 aromatic rings. The van der Waals surface area contributed by atoms with E-state index in [1.54, 1.807) is 0 Å². The Balaban J connectivity index is 4.37. The number of hydrogen-bond acceptors (Lipinski definition) is 1. The van der Waals surface area contributed by atoms with Crippen molar-refractivity contribution in [3.8, 4) is 0 Å². The molecule has 0 bridgehead atoms. The molecule has 0 unspecified atom stereocenters. The van der Waals surface area contributed by atoms with Crippen LogP contribution in [0.3, 0.4) is 0 Å². The molecule has 0 saturated heterocycles. The van der Waals surface area contributed by atoms with Crippen molar-refractivity contribution in [1.82, 2.24) is 0 Å². The fourth-order valence-electron chi connectivity index (χ4n) is 0.0827. The molecule has 1 N–H and O–H groups in total. The first-order valence-electron chi connectivity index (χ1n) is 1.62. The number of hydrogen-bond donors (Lipinski definition) is 1. The van der Waals surface area contributed by atoms with Crippen LogP contribution < -0.4 is 0 Å². The van der Waals surface area contributed by atoms with E-state index in [0.717, 1.165) is 0 Å². The number of carbonyl (C=O) groups is 1. The van der Waals surface area contributed by atoms with Gasteiger partial charge in [-0.3, -0.25) is 0 Å². The molecule has 0 aromatic carbocycles. The Morgan fingerprint density at radius 2 is 2.25 bits per heavy atom. The van der Waals surface area contributed by atoms with Crippen LogP contribution in [0.5, 0.6) is 0 Å². The maximum atomic E-state index is 9.97. The van der Waals surface area contributed by atoms with Crippen molar-refractivity contribution in [1.29, 1.82) is 0 Å². The first-order chi connectivity index (χ1) is 3.55. The van der Waals surface area contributed by atoms with E-state index in [0.29, 0.717) is 0 Å². The molecule has 0 aliphatic rings. The fraction of sp³-hybridized carbons (Fsp3) is 0. The Labute approximate surface area is 52.8 Å². The predicted molar refractivity (Wildman–Crippen MR) is 39.4 cm³/mol. The van der Waals surface area contributed by atoms with Crippen molar-refractivity contribution < 1.29 is 9.90 Å². The van der Waals surface area contributed by atoms with Crippen molar-refractivity contribution in [2.45, 2.75) is 0 Å². The molecular formula is C3H4O2P2S. The molecule has 2 nitrogen and oxygen atoms in total. The average molecular weight is 166 g/mol. The van der Waals surface area contributed by atoms with Gasteiger partial charge in [0.15, 0.2) is 0 Å². The Morgan fingerprint density at radius 1 is 1.88 bits per heavy atom. The van der Waals surface area contributed by atoms with Crippen LogP contribution in [0.15, 0.2) is 11.5 Å². The molecule has 0 fully saturated rings.